The SMILES string of the molecule is C/C=C1/C=CC=NC1. The molecule has 1 aliphatic rings. The molecule has 0 fully saturated rings. The van der Waals surface area contributed by atoms with Crippen LogP contribution in [0, 0.1) is 0 Å². The van der Waals surface area contributed by atoms with Crippen molar-refractivity contribution in [3.63, 3.8) is 0 Å². The van der Waals surface area contributed by atoms with Gasteiger partial charge in [0.1, 0.15) is 0 Å². The molecule has 1 heteroatoms. The minimum Gasteiger partial charge on any atom is -0.288 e. The Kier molecular flexibility index (Phi) is 1.62. The van der Waals surface area contributed by atoms with E-state index in [0.717, 1.165) is 6.54 Å². The van der Waals surface area contributed by atoms with E-state index in [1.165, 1.54) is 5.57 Å². The molecule has 1 rings (SSSR count). The molecule has 1 aliphatic heterocycles. The summed E-state index contributed by atoms with van der Waals surface area (Å²) in [5.74, 6) is 0. The van der Waals surface area contributed by atoms with Gasteiger partial charge in [-0.2, -0.15) is 0 Å². The Labute approximate surface area is 49.4 Å². The molecule has 0 aromatic carbocycles. The summed E-state index contributed by atoms with van der Waals surface area (Å²) in [4.78, 5) is 4.05. The molecular weight excluding hydrogens is 98.1 g/mol. The fourth-order valence-electron chi connectivity index (χ4n) is 0.626. The van der Waals surface area contributed by atoms with Crippen LogP contribution in [0.15, 0.2) is 28.8 Å². The molecule has 0 N–H and O–H groups in total. The number of hydrogen-bond acceptors (Lipinski definition) is 1. The highest BCUT2D eigenvalue weighted by Crippen LogP contribution is 1.99. The topological polar surface area (TPSA) is 12.4 Å². The van der Waals surface area contributed by atoms with Gasteiger partial charge in [0.2, 0.25) is 0 Å². The molecule has 1 heterocycles. The number of allylic oxidation sites excluding steroid dienone is 2. The first-order chi connectivity index (χ1) is 3.93. The van der Waals surface area contributed by atoms with Gasteiger partial charge in [-0.25, -0.2) is 0 Å². The third-order valence-electron chi connectivity index (χ3n) is 1.15. The molecule has 0 spiro atoms. The van der Waals surface area contributed by atoms with E-state index in [4.69, 9.17) is 0 Å². The predicted octanol–water partition coefficient (Wildman–Crippen LogP) is 1.57. The summed E-state index contributed by atoms with van der Waals surface area (Å²) < 4.78 is 0. The number of rotatable bonds is 0. The highest BCUT2D eigenvalue weighted by molar-refractivity contribution is 5.73. The first kappa shape index (κ1) is 5.29. The summed E-state index contributed by atoms with van der Waals surface area (Å²) in [6, 6.07) is 0. The van der Waals surface area contributed by atoms with Gasteiger partial charge < -0.3 is 0 Å². The Morgan fingerprint density at radius 1 is 1.75 bits per heavy atom. The second kappa shape index (κ2) is 2.46. The van der Waals surface area contributed by atoms with E-state index < -0.39 is 0 Å². The van der Waals surface area contributed by atoms with E-state index in [-0.39, 0.29) is 0 Å². The van der Waals surface area contributed by atoms with Crippen molar-refractivity contribution in [1.82, 2.24) is 0 Å². The van der Waals surface area contributed by atoms with Crippen molar-refractivity contribution in [3.05, 3.63) is 23.8 Å². The summed E-state index contributed by atoms with van der Waals surface area (Å²) in [6.07, 6.45) is 7.94. The van der Waals surface area contributed by atoms with Crippen LogP contribution < -0.4 is 0 Å². The van der Waals surface area contributed by atoms with Crippen molar-refractivity contribution >= 4 is 6.21 Å². The van der Waals surface area contributed by atoms with Crippen LogP contribution >= 0.6 is 0 Å². The third-order valence-corrected chi connectivity index (χ3v) is 1.15. The standard InChI is InChI=1S/C7H9N/c1-2-7-4-3-5-8-6-7/h2-5H,6H2,1H3/b7-2-. The first-order valence-electron chi connectivity index (χ1n) is 2.75. The largest absolute Gasteiger partial charge is 0.288 e. The minimum atomic E-state index is 0.854. The lowest BCUT2D eigenvalue weighted by Gasteiger charge is -1.97. The van der Waals surface area contributed by atoms with Gasteiger partial charge in [0.15, 0.2) is 0 Å². The van der Waals surface area contributed by atoms with Crippen LogP contribution in [0.3, 0.4) is 0 Å². The average Bonchev–Trinajstić information content (AvgIpc) is 1.90. The number of dihydropyridines is 1. The normalized spacial score (nSPS) is 22.4. The molecule has 8 heavy (non-hydrogen) atoms. The van der Waals surface area contributed by atoms with E-state index in [2.05, 4.69) is 17.1 Å². The van der Waals surface area contributed by atoms with E-state index in [1.54, 1.807) is 0 Å². The van der Waals surface area contributed by atoms with E-state index in [1.807, 2.05) is 19.2 Å². The van der Waals surface area contributed by atoms with Crippen LogP contribution in [-0.2, 0) is 0 Å². The van der Waals surface area contributed by atoms with E-state index >= 15 is 0 Å². The van der Waals surface area contributed by atoms with Crippen molar-refractivity contribution in [2.24, 2.45) is 4.99 Å². The minimum absolute atomic E-state index is 0.854. The maximum Gasteiger partial charge on any atom is 0.0636 e. The lowest BCUT2D eigenvalue weighted by Crippen LogP contribution is -1.88. The highest BCUT2D eigenvalue weighted by Gasteiger charge is 1.88. The van der Waals surface area contributed by atoms with Gasteiger partial charge >= 0.3 is 0 Å². The van der Waals surface area contributed by atoms with Crippen molar-refractivity contribution < 1.29 is 0 Å². The van der Waals surface area contributed by atoms with Crippen molar-refractivity contribution in [2.45, 2.75) is 6.92 Å². The van der Waals surface area contributed by atoms with Gasteiger partial charge in [0, 0.05) is 6.21 Å². The average molecular weight is 107 g/mol. The first-order valence-corrected chi connectivity index (χ1v) is 2.75. The zero-order chi connectivity index (χ0) is 5.82. The quantitative estimate of drug-likeness (QED) is 0.445. The molecule has 0 saturated heterocycles. The number of nitrogens with zero attached hydrogens (tertiary/aromatic N) is 1. The van der Waals surface area contributed by atoms with E-state index in [9.17, 15) is 0 Å². The molecule has 0 bridgehead atoms. The van der Waals surface area contributed by atoms with Crippen LogP contribution in [0.25, 0.3) is 0 Å². The van der Waals surface area contributed by atoms with Gasteiger partial charge in [0.05, 0.1) is 6.54 Å². The summed E-state index contributed by atoms with van der Waals surface area (Å²) in [5.41, 5.74) is 1.30. The Balaban J connectivity index is 2.66. The van der Waals surface area contributed by atoms with Crippen molar-refractivity contribution in [1.29, 1.82) is 0 Å². The monoisotopic (exact) mass is 107 g/mol. The molecule has 0 unspecified atom stereocenters. The summed E-state index contributed by atoms with van der Waals surface area (Å²) in [7, 11) is 0. The molecule has 0 radical (unpaired) electrons. The molecule has 0 amide bonds. The number of hydrogen-bond donors (Lipinski definition) is 0. The third kappa shape index (κ3) is 1.06. The summed E-state index contributed by atoms with van der Waals surface area (Å²) >= 11 is 0. The molecule has 0 aliphatic carbocycles. The maximum atomic E-state index is 4.05. The molecule has 0 aromatic rings. The summed E-state index contributed by atoms with van der Waals surface area (Å²) in [5, 5.41) is 0. The molecular formula is C7H9N. The van der Waals surface area contributed by atoms with Gasteiger partial charge in [-0.15, -0.1) is 0 Å². The smallest absolute Gasteiger partial charge is 0.0636 e. The molecule has 42 valence electrons. The molecule has 1 nitrogen and oxygen atoms in total. The van der Waals surface area contributed by atoms with Gasteiger partial charge in [0.25, 0.3) is 0 Å². The van der Waals surface area contributed by atoms with Crippen LogP contribution in [-0.4, -0.2) is 12.8 Å². The second-order valence-corrected chi connectivity index (χ2v) is 1.71. The number of aliphatic imine (C=N–C) groups is 1. The fraction of sp³-hybridized carbons (Fsp3) is 0.286. The van der Waals surface area contributed by atoms with Crippen LogP contribution in [0.1, 0.15) is 6.92 Å². The fourth-order valence-corrected chi connectivity index (χ4v) is 0.626. The zero-order valence-corrected chi connectivity index (χ0v) is 4.96. The van der Waals surface area contributed by atoms with Gasteiger partial charge in [-0.3, -0.25) is 4.99 Å². The zero-order valence-electron chi connectivity index (χ0n) is 4.96. The lowest BCUT2D eigenvalue weighted by atomic mass is 10.2. The van der Waals surface area contributed by atoms with Crippen LogP contribution in [0.5, 0.6) is 0 Å². The molecule has 0 atom stereocenters. The van der Waals surface area contributed by atoms with Crippen LogP contribution in [0.4, 0.5) is 0 Å². The van der Waals surface area contributed by atoms with E-state index in [0.29, 0.717) is 0 Å². The maximum absolute atomic E-state index is 4.05. The Morgan fingerprint density at radius 2 is 2.62 bits per heavy atom. The Bertz CT molecular complexity index is 152. The second-order valence-electron chi connectivity index (χ2n) is 1.71. The van der Waals surface area contributed by atoms with Gasteiger partial charge in [-0.1, -0.05) is 12.2 Å². The lowest BCUT2D eigenvalue weighted by molar-refractivity contribution is 1.17. The van der Waals surface area contributed by atoms with Gasteiger partial charge in [-0.05, 0) is 18.6 Å². The highest BCUT2D eigenvalue weighted by atomic mass is 14.7. The Morgan fingerprint density at radius 3 is 3.00 bits per heavy atom. The molecule has 0 aromatic heterocycles. The predicted molar refractivity (Wildman–Crippen MR) is 36.3 cm³/mol. The van der Waals surface area contributed by atoms with Crippen molar-refractivity contribution in [3.8, 4) is 0 Å². The Hall–Kier alpha value is -0.850. The summed E-state index contributed by atoms with van der Waals surface area (Å²) in [6.45, 7) is 2.88. The molecule has 0 saturated carbocycles. The van der Waals surface area contributed by atoms with Crippen LogP contribution in [0.2, 0.25) is 0 Å². The van der Waals surface area contributed by atoms with Crippen molar-refractivity contribution in [2.75, 3.05) is 6.54 Å².